The zero-order valence-corrected chi connectivity index (χ0v) is 19.0. The lowest BCUT2D eigenvalue weighted by Gasteiger charge is -2.11. The maximum atomic E-state index is 13.2. The molecular weight excluding hydrogens is 464 g/mol. The normalized spacial score (nSPS) is 11.2. The van der Waals surface area contributed by atoms with Crippen molar-refractivity contribution in [2.24, 2.45) is 0 Å². The van der Waals surface area contributed by atoms with Crippen molar-refractivity contribution >= 4 is 38.5 Å². The summed E-state index contributed by atoms with van der Waals surface area (Å²) in [6.07, 6.45) is 6.21. The molecule has 0 spiro atoms. The van der Waals surface area contributed by atoms with Crippen LogP contribution in [0.25, 0.3) is 22.2 Å². The molecular formula is C25H18N6O3S. The van der Waals surface area contributed by atoms with Crippen LogP contribution >= 0.6 is 0 Å². The minimum absolute atomic E-state index is 0.0114. The smallest absolute Gasteiger partial charge is 0.264 e. The Balaban J connectivity index is 1.41. The summed E-state index contributed by atoms with van der Waals surface area (Å²) in [6, 6.07) is 20.2. The van der Waals surface area contributed by atoms with Gasteiger partial charge in [-0.05, 0) is 54.6 Å². The highest BCUT2D eigenvalue weighted by Crippen LogP contribution is 2.25. The molecule has 9 nitrogen and oxygen atoms in total. The fourth-order valence-electron chi connectivity index (χ4n) is 3.48. The second-order valence-corrected chi connectivity index (χ2v) is 9.15. The number of hydrogen-bond acceptors (Lipinski definition) is 7. The number of rotatable bonds is 6. The number of carbonyl (C=O) groups excluding carboxylic acids is 1. The second kappa shape index (κ2) is 9.27. The highest BCUT2D eigenvalue weighted by molar-refractivity contribution is 7.92. The van der Waals surface area contributed by atoms with Crippen molar-refractivity contribution in [2.45, 2.75) is 4.90 Å². The number of pyridine rings is 2. The van der Waals surface area contributed by atoms with Gasteiger partial charge in [0.25, 0.3) is 15.9 Å². The average Bonchev–Trinajstić information content (AvgIpc) is 2.89. The van der Waals surface area contributed by atoms with Crippen molar-refractivity contribution in [3.8, 4) is 11.3 Å². The van der Waals surface area contributed by atoms with Crippen LogP contribution in [0.15, 0.2) is 102 Å². The van der Waals surface area contributed by atoms with Crippen LogP contribution < -0.4 is 10.0 Å². The monoisotopic (exact) mass is 482 g/mol. The van der Waals surface area contributed by atoms with E-state index < -0.39 is 10.0 Å². The summed E-state index contributed by atoms with van der Waals surface area (Å²) in [7, 11) is -3.88. The molecule has 1 amide bonds. The molecule has 0 saturated heterocycles. The molecule has 0 saturated carbocycles. The summed E-state index contributed by atoms with van der Waals surface area (Å²) in [6.45, 7) is 0. The lowest BCUT2D eigenvalue weighted by molar-refractivity contribution is 0.102. The SMILES string of the molecule is O=C(Nc1ccc(S(=O)(=O)Nc2ncccn2)cc1)c1cc(-c2ccncc2)nc2ccccc12. The van der Waals surface area contributed by atoms with Crippen molar-refractivity contribution in [3.63, 3.8) is 0 Å². The Hall–Kier alpha value is -4.70. The van der Waals surface area contributed by atoms with Gasteiger partial charge in [-0.2, -0.15) is 0 Å². The number of carbonyl (C=O) groups is 1. The van der Waals surface area contributed by atoms with Gasteiger partial charge in [0, 0.05) is 41.4 Å². The van der Waals surface area contributed by atoms with Crippen molar-refractivity contribution in [1.82, 2.24) is 19.9 Å². The Kier molecular flexibility index (Phi) is 5.86. The van der Waals surface area contributed by atoms with Crippen LogP contribution in [0, 0.1) is 0 Å². The van der Waals surface area contributed by atoms with E-state index in [1.165, 1.54) is 36.7 Å². The fourth-order valence-corrected chi connectivity index (χ4v) is 4.44. The molecule has 0 aliphatic rings. The van der Waals surface area contributed by atoms with Gasteiger partial charge in [0.15, 0.2) is 0 Å². The molecule has 0 atom stereocenters. The number of sulfonamides is 1. The van der Waals surface area contributed by atoms with Crippen molar-refractivity contribution in [3.05, 3.63) is 103 Å². The zero-order chi connectivity index (χ0) is 24.3. The number of aromatic nitrogens is 4. The van der Waals surface area contributed by atoms with E-state index in [-0.39, 0.29) is 16.8 Å². The first-order valence-electron chi connectivity index (χ1n) is 10.5. The van der Waals surface area contributed by atoms with E-state index in [2.05, 4.69) is 30.0 Å². The highest BCUT2D eigenvalue weighted by atomic mass is 32.2. The molecule has 5 rings (SSSR count). The molecule has 0 radical (unpaired) electrons. The molecule has 0 aliphatic heterocycles. The summed E-state index contributed by atoms with van der Waals surface area (Å²) < 4.78 is 27.5. The quantitative estimate of drug-likeness (QED) is 0.372. The van der Waals surface area contributed by atoms with Crippen molar-refractivity contribution in [2.75, 3.05) is 10.0 Å². The van der Waals surface area contributed by atoms with Gasteiger partial charge in [-0.25, -0.2) is 28.1 Å². The van der Waals surface area contributed by atoms with E-state index in [0.29, 0.717) is 27.8 Å². The Morgan fingerprint density at radius 1 is 0.800 bits per heavy atom. The van der Waals surface area contributed by atoms with Crippen LogP contribution in [0.2, 0.25) is 0 Å². The summed E-state index contributed by atoms with van der Waals surface area (Å²) in [5, 5.41) is 3.54. The molecule has 2 aromatic carbocycles. The molecule has 0 bridgehead atoms. The first-order valence-corrected chi connectivity index (χ1v) is 12.0. The van der Waals surface area contributed by atoms with E-state index in [1.54, 1.807) is 24.5 Å². The molecule has 172 valence electrons. The minimum atomic E-state index is -3.88. The van der Waals surface area contributed by atoms with E-state index in [9.17, 15) is 13.2 Å². The molecule has 0 fully saturated rings. The summed E-state index contributed by atoms with van der Waals surface area (Å²) >= 11 is 0. The Morgan fingerprint density at radius 3 is 2.26 bits per heavy atom. The van der Waals surface area contributed by atoms with Gasteiger partial charge in [-0.15, -0.1) is 0 Å². The predicted octanol–water partition coefficient (Wildman–Crippen LogP) is 4.14. The van der Waals surface area contributed by atoms with Crippen LogP contribution in [0.5, 0.6) is 0 Å². The number of amides is 1. The largest absolute Gasteiger partial charge is 0.322 e. The number of hydrogen-bond donors (Lipinski definition) is 2. The molecule has 10 heteroatoms. The molecule has 0 aliphatic carbocycles. The van der Waals surface area contributed by atoms with Gasteiger partial charge in [0.2, 0.25) is 5.95 Å². The van der Waals surface area contributed by atoms with Gasteiger partial charge in [0.1, 0.15) is 0 Å². The fraction of sp³-hybridized carbons (Fsp3) is 0. The maximum Gasteiger partial charge on any atom is 0.264 e. The third-order valence-electron chi connectivity index (χ3n) is 5.15. The van der Waals surface area contributed by atoms with Crippen molar-refractivity contribution in [1.29, 1.82) is 0 Å². The summed E-state index contributed by atoms with van der Waals surface area (Å²) in [5.41, 5.74) is 3.05. The average molecular weight is 483 g/mol. The van der Waals surface area contributed by atoms with E-state index in [4.69, 9.17) is 0 Å². The van der Waals surface area contributed by atoms with E-state index >= 15 is 0 Å². The van der Waals surface area contributed by atoms with Gasteiger partial charge in [0.05, 0.1) is 21.7 Å². The molecule has 5 aromatic rings. The molecule has 2 N–H and O–H groups in total. The number of anilines is 2. The Morgan fingerprint density at radius 2 is 1.51 bits per heavy atom. The Bertz CT molecular complexity index is 1610. The third-order valence-corrected chi connectivity index (χ3v) is 6.49. The zero-order valence-electron chi connectivity index (χ0n) is 18.2. The molecule has 3 aromatic heterocycles. The Labute approximate surface area is 201 Å². The van der Waals surface area contributed by atoms with Gasteiger partial charge >= 0.3 is 0 Å². The van der Waals surface area contributed by atoms with Crippen LogP contribution in [-0.2, 0) is 10.0 Å². The second-order valence-electron chi connectivity index (χ2n) is 7.46. The summed E-state index contributed by atoms with van der Waals surface area (Å²) in [4.78, 5) is 29.7. The van der Waals surface area contributed by atoms with E-state index in [1.807, 2.05) is 36.4 Å². The number of nitrogens with one attached hydrogen (secondary N) is 2. The van der Waals surface area contributed by atoms with Gasteiger partial charge < -0.3 is 5.32 Å². The standard InChI is InChI=1S/C25H18N6O3S/c32-24(21-16-23(17-10-14-26-15-11-17)30-22-5-2-1-4-20(21)22)29-18-6-8-19(9-7-18)35(33,34)31-25-27-12-3-13-28-25/h1-16H,(H,29,32)(H,27,28,31). The van der Waals surface area contributed by atoms with Gasteiger partial charge in [-0.1, -0.05) is 18.2 Å². The number of benzene rings is 2. The van der Waals surface area contributed by atoms with Crippen LogP contribution in [-0.4, -0.2) is 34.3 Å². The minimum Gasteiger partial charge on any atom is -0.322 e. The topological polar surface area (TPSA) is 127 Å². The van der Waals surface area contributed by atoms with Crippen LogP contribution in [0.3, 0.4) is 0 Å². The van der Waals surface area contributed by atoms with Gasteiger partial charge in [-0.3, -0.25) is 9.78 Å². The molecule has 0 unspecified atom stereocenters. The van der Waals surface area contributed by atoms with E-state index in [0.717, 1.165) is 5.56 Å². The molecule has 3 heterocycles. The number of para-hydroxylation sites is 1. The van der Waals surface area contributed by atoms with Crippen LogP contribution in [0.1, 0.15) is 10.4 Å². The lowest BCUT2D eigenvalue weighted by atomic mass is 10.0. The lowest BCUT2D eigenvalue weighted by Crippen LogP contribution is -2.15. The maximum absolute atomic E-state index is 13.2. The van der Waals surface area contributed by atoms with Crippen molar-refractivity contribution < 1.29 is 13.2 Å². The number of fused-ring (bicyclic) bond motifs is 1. The number of nitrogens with zero attached hydrogens (tertiary/aromatic N) is 4. The summed E-state index contributed by atoms with van der Waals surface area (Å²) in [5.74, 6) is -0.371. The predicted molar refractivity (Wildman–Crippen MR) is 132 cm³/mol. The molecule has 35 heavy (non-hydrogen) atoms. The first kappa shape index (κ1) is 22.1. The first-order chi connectivity index (χ1) is 17.0. The highest BCUT2D eigenvalue weighted by Gasteiger charge is 2.17. The third kappa shape index (κ3) is 4.82. The van der Waals surface area contributed by atoms with Crippen LogP contribution in [0.4, 0.5) is 11.6 Å².